The summed E-state index contributed by atoms with van der Waals surface area (Å²) in [5.74, 6) is 0.0905. The molecular weight excluding hydrogens is 190 g/mol. The molecule has 0 aromatic heterocycles. The van der Waals surface area contributed by atoms with E-state index >= 15 is 0 Å². The molecule has 1 heterocycles. The molecule has 0 aromatic carbocycles. The third kappa shape index (κ3) is 2.90. The summed E-state index contributed by atoms with van der Waals surface area (Å²) in [7, 11) is 1.70. The second-order valence-electron chi connectivity index (χ2n) is 3.80. The van der Waals surface area contributed by atoms with Gasteiger partial charge in [0.2, 0.25) is 5.91 Å². The van der Waals surface area contributed by atoms with Crippen LogP contribution in [0.4, 0.5) is 8.78 Å². The predicted molar refractivity (Wildman–Crippen MR) is 49.3 cm³/mol. The first kappa shape index (κ1) is 11.4. The highest BCUT2D eigenvalue weighted by atomic mass is 19.3. The molecule has 0 bridgehead atoms. The van der Waals surface area contributed by atoms with Gasteiger partial charge >= 0.3 is 0 Å². The fourth-order valence-corrected chi connectivity index (χ4v) is 1.59. The van der Waals surface area contributed by atoms with E-state index in [1.54, 1.807) is 11.9 Å². The molecule has 3 nitrogen and oxygen atoms in total. The van der Waals surface area contributed by atoms with Crippen LogP contribution in [-0.2, 0) is 4.79 Å². The monoisotopic (exact) mass is 206 g/mol. The number of hydrogen-bond acceptors (Lipinski definition) is 2. The van der Waals surface area contributed by atoms with Gasteiger partial charge < -0.3 is 10.2 Å². The molecule has 2 atom stereocenters. The maximum atomic E-state index is 12.2. The van der Waals surface area contributed by atoms with Crippen molar-refractivity contribution in [3.05, 3.63) is 0 Å². The molecule has 82 valence electrons. The largest absolute Gasteiger partial charge is 0.344 e. The first-order valence-corrected chi connectivity index (χ1v) is 4.79. The number of nitrogens with one attached hydrogen (secondary N) is 1. The molecule has 0 radical (unpaired) electrons. The normalized spacial score (nSPS) is 25.6. The van der Waals surface area contributed by atoms with E-state index < -0.39 is 12.5 Å². The van der Waals surface area contributed by atoms with Gasteiger partial charge in [-0.15, -0.1) is 0 Å². The van der Waals surface area contributed by atoms with Crippen LogP contribution >= 0.6 is 0 Å². The van der Waals surface area contributed by atoms with Crippen LogP contribution in [0.25, 0.3) is 0 Å². The molecule has 1 N–H and O–H groups in total. The number of nitrogens with zero attached hydrogens (tertiary/aromatic N) is 1. The van der Waals surface area contributed by atoms with Crippen molar-refractivity contribution in [2.45, 2.75) is 38.3 Å². The highest BCUT2D eigenvalue weighted by Crippen LogP contribution is 2.11. The molecule has 14 heavy (non-hydrogen) atoms. The third-order valence-corrected chi connectivity index (χ3v) is 2.50. The molecule has 0 spiro atoms. The van der Waals surface area contributed by atoms with Gasteiger partial charge in [0, 0.05) is 26.1 Å². The summed E-state index contributed by atoms with van der Waals surface area (Å²) in [6.45, 7) is 1.98. The lowest BCUT2D eigenvalue weighted by Gasteiger charge is -2.32. The van der Waals surface area contributed by atoms with Crippen molar-refractivity contribution in [3.63, 3.8) is 0 Å². The van der Waals surface area contributed by atoms with Crippen LogP contribution in [0.2, 0.25) is 0 Å². The summed E-state index contributed by atoms with van der Waals surface area (Å²) in [5, 5.41) is 2.83. The van der Waals surface area contributed by atoms with Crippen molar-refractivity contribution in [3.8, 4) is 0 Å². The molecule has 1 fully saturated rings. The number of piperidine rings is 1. The molecule has 0 aromatic rings. The van der Waals surface area contributed by atoms with Crippen LogP contribution in [-0.4, -0.2) is 42.9 Å². The Morgan fingerprint density at radius 2 is 2.21 bits per heavy atom. The molecule has 1 rings (SSSR count). The van der Waals surface area contributed by atoms with E-state index in [9.17, 15) is 13.6 Å². The van der Waals surface area contributed by atoms with E-state index in [1.807, 2.05) is 0 Å². The number of likely N-dealkylation sites (N-methyl/N-ethyl adjacent to an activating group) is 1. The molecule has 1 aliphatic heterocycles. The lowest BCUT2D eigenvalue weighted by atomic mass is 10.0. The summed E-state index contributed by atoms with van der Waals surface area (Å²) < 4.78 is 24.4. The zero-order chi connectivity index (χ0) is 10.7. The quantitative estimate of drug-likeness (QED) is 0.742. The van der Waals surface area contributed by atoms with Gasteiger partial charge in [0.1, 0.15) is 0 Å². The molecule has 0 aliphatic carbocycles. The molecule has 2 unspecified atom stereocenters. The fraction of sp³-hybridized carbons (Fsp3) is 0.889. The Morgan fingerprint density at radius 3 is 2.71 bits per heavy atom. The number of rotatable bonds is 3. The average molecular weight is 206 g/mol. The van der Waals surface area contributed by atoms with Crippen molar-refractivity contribution in [1.82, 2.24) is 10.2 Å². The van der Waals surface area contributed by atoms with Crippen LogP contribution in [0.15, 0.2) is 0 Å². The molecular formula is C9H16F2N2O. The van der Waals surface area contributed by atoms with Gasteiger partial charge in [0.25, 0.3) is 6.43 Å². The van der Waals surface area contributed by atoms with Gasteiger partial charge in [-0.2, -0.15) is 0 Å². The summed E-state index contributed by atoms with van der Waals surface area (Å²) in [6.07, 6.45) is -1.25. The molecule has 1 saturated heterocycles. The molecule has 1 amide bonds. The molecule has 5 heteroatoms. The van der Waals surface area contributed by atoms with Crippen LogP contribution in [0.3, 0.4) is 0 Å². The SMILES string of the molecule is CC(NC1CCC(=O)N(C)C1)C(F)F. The first-order chi connectivity index (χ1) is 6.50. The summed E-state index contributed by atoms with van der Waals surface area (Å²) in [5.41, 5.74) is 0. The van der Waals surface area contributed by atoms with Crippen LogP contribution in [0, 0.1) is 0 Å². The highest BCUT2D eigenvalue weighted by Gasteiger charge is 2.25. The maximum absolute atomic E-state index is 12.2. The van der Waals surface area contributed by atoms with Gasteiger partial charge in [0.15, 0.2) is 0 Å². The van der Waals surface area contributed by atoms with Crippen molar-refractivity contribution < 1.29 is 13.6 Å². The van der Waals surface area contributed by atoms with Crippen molar-refractivity contribution in [2.24, 2.45) is 0 Å². The Labute approximate surface area is 82.5 Å². The minimum atomic E-state index is -2.35. The minimum Gasteiger partial charge on any atom is -0.344 e. The van der Waals surface area contributed by atoms with Gasteiger partial charge in [-0.3, -0.25) is 4.79 Å². The topological polar surface area (TPSA) is 32.3 Å². The van der Waals surface area contributed by atoms with Crippen LogP contribution < -0.4 is 5.32 Å². The van der Waals surface area contributed by atoms with Crippen molar-refractivity contribution in [1.29, 1.82) is 0 Å². The number of hydrogen-bond donors (Lipinski definition) is 1. The second-order valence-corrected chi connectivity index (χ2v) is 3.80. The van der Waals surface area contributed by atoms with E-state index in [1.165, 1.54) is 6.92 Å². The Morgan fingerprint density at radius 1 is 1.57 bits per heavy atom. The van der Waals surface area contributed by atoms with Crippen LogP contribution in [0.5, 0.6) is 0 Å². The number of likely N-dealkylation sites (tertiary alicyclic amines) is 1. The average Bonchev–Trinajstić information content (AvgIpc) is 2.11. The van der Waals surface area contributed by atoms with Gasteiger partial charge in [-0.05, 0) is 13.3 Å². The summed E-state index contributed by atoms with van der Waals surface area (Å²) >= 11 is 0. The maximum Gasteiger partial charge on any atom is 0.253 e. The second kappa shape index (κ2) is 4.68. The summed E-state index contributed by atoms with van der Waals surface area (Å²) in [6, 6.07) is -0.802. The van der Waals surface area contributed by atoms with E-state index in [-0.39, 0.29) is 11.9 Å². The minimum absolute atomic E-state index is 0.00157. The van der Waals surface area contributed by atoms with E-state index in [0.717, 1.165) is 0 Å². The standard InChI is InChI=1S/C9H16F2N2O/c1-6(9(10)11)12-7-3-4-8(14)13(2)5-7/h6-7,9,12H,3-5H2,1-2H3. The number of amides is 1. The highest BCUT2D eigenvalue weighted by molar-refractivity contribution is 5.76. The Bertz CT molecular complexity index is 211. The van der Waals surface area contributed by atoms with E-state index in [0.29, 0.717) is 19.4 Å². The Balaban J connectivity index is 2.36. The number of halogens is 2. The van der Waals surface area contributed by atoms with Gasteiger partial charge in [0.05, 0.1) is 6.04 Å². The Kier molecular flexibility index (Phi) is 3.80. The molecule has 0 saturated carbocycles. The lowest BCUT2D eigenvalue weighted by Crippen LogP contribution is -2.50. The smallest absolute Gasteiger partial charge is 0.253 e. The van der Waals surface area contributed by atoms with Gasteiger partial charge in [-0.1, -0.05) is 0 Å². The summed E-state index contributed by atoms with van der Waals surface area (Å²) in [4.78, 5) is 12.7. The molecule has 1 aliphatic rings. The third-order valence-electron chi connectivity index (χ3n) is 2.50. The van der Waals surface area contributed by atoms with Crippen molar-refractivity contribution in [2.75, 3.05) is 13.6 Å². The van der Waals surface area contributed by atoms with Crippen molar-refractivity contribution >= 4 is 5.91 Å². The first-order valence-electron chi connectivity index (χ1n) is 4.79. The number of carbonyl (C=O) groups excluding carboxylic acids is 1. The van der Waals surface area contributed by atoms with E-state index in [4.69, 9.17) is 0 Å². The predicted octanol–water partition coefficient (Wildman–Crippen LogP) is 0.850. The zero-order valence-corrected chi connectivity index (χ0v) is 8.46. The van der Waals surface area contributed by atoms with E-state index in [2.05, 4.69) is 5.32 Å². The number of carbonyl (C=O) groups is 1. The van der Waals surface area contributed by atoms with Gasteiger partial charge in [-0.25, -0.2) is 8.78 Å². The Hall–Kier alpha value is -0.710. The van der Waals surface area contributed by atoms with Crippen LogP contribution in [0.1, 0.15) is 19.8 Å². The fourth-order valence-electron chi connectivity index (χ4n) is 1.59. The zero-order valence-electron chi connectivity index (χ0n) is 8.46. The lowest BCUT2D eigenvalue weighted by molar-refractivity contribution is -0.132. The number of alkyl halides is 2.